The SMILES string of the molecule is COC=O.Nc1cnccc1Br. The Morgan fingerprint density at radius 1 is 1.75 bits per heavy atom. The van der Waals surface area contributed by atoms with Crippen molar-refractivity contribution in [1.29, 1.82) is 0 Å². The second kappa shape index (κ2) is 6.60. The summed E-state index contributed by atoms with van der Waals surface area (Å²) in [6.45, 7) is 0.375. The number of carbonyl (C=O) groups excluding carboxylic acids is 1. The van der Waals surface area contributed by atoms with Crippen molar-refractivity contribution in [2.75, 3.05) is 12.8 Å². The number of carbonyl (C=O) groups is 1. The first-order chi connectivity index (χ1) is 5.72. The molecule has 0 atom stereocenters. The Morgan fingerprint density at radius 2 is 2.33 bits per heavy atom. The standard InChI is InChI=1S/C5H5BrN2.C2H4O2/c6-4-1-2-8-3-5(4)7;1-4-2-3/h1-3H,7H2;2H,1H3. The average molecular weight is 233 g/mol. The normalized spacial score (nSPS) is 7.83. The molecule has 0 bridgehead atoms. The molecule has 0 radical (unpaired) electrons. The van der Waals surface area contributed by atoms with E-state index in [-0.39, 0.29) is 0 Å². The maximum absolute atomic E-state index is 8.95. The van der Waals surface area contributed by atoms with Gasteiger partial charge in [-0.1, -0.05) is 0 Å². The van der Waals surface area contributed by atoms with Crippen molar-refractivity contribution in [3.05, 3.63) is 22.9 Å². The van der Waals surface area contributed by atoms with Crippen LogP contribution in [-0.4, -0.2) is 18.6 Å². The second-order valence-corrected chi connectivity index (χ2v) is 2.58. The third kappa shape index (κ3) is 4.68. The molecule has 0 saturated carbocycles. The van der Waals surface area contributed by atoms with E-state index in [2.05, 4.69) is 25.7 Å². The van der Waals surface area contributed by atoms with Gasteiger partial charge in [-0.2, -0.15) is 0 Å². The predicted octanol–water partition coefficient (Wildman–Crippen LogP) is 1.22. The molecule has 66 valence electrons. The summed E-state index contributed by atoms with van der Waals surface area (Å²) in [4.78, 5) is 12.7. The van der Waals surface area contributed by atoms with Gasteiger partial charge in [-0.3, -0.25) is 9.78 Å². The van der Waals surface area contributed by atoms with E-state index in [4.69, 9.17) is 10.5 Å². The average Bonchev–Trinajstić information content (AvgIpc) is 2.11. The van der Waals surface area contributed by atoms with Crippen LogP contribution in [0.4, 0.5) is 5.69 Å². The van der Waals surface area contributed by atoms with Crippen LogP contribution in [0, 0.1) is 0 Å². The van der Waals surface area contributed by atoms with Crippen molar-refractivity contribution in [1.82, 2.24) is 4.98 Å². The smallest absolute Gasteiger partial charge is 0.292 e. The molecule has 2 N–H and O–H groups in total. The Kier molecular flexibility index (Phi) is 6.00. The van der Waals surface area contributed by atoms with Gasteiger partial charge < -0.3 is 10.5 Å². The Morgan fingerprint density at radius 3 is 2.58 bits per heavy atom. The molecular weight excluding hydrogens is 224 g/mol. The zero-order chi connectivity index (χ0) is 9.40. The number of nitrogens with two attached hydrogens (primary N) is 1. The Hall–Kier alpha value is -1.10. The minimum Gasteiger partial charge on any atom is -0.471 e. The van der Waals surface area contributed by atoms with Gasteiger partial charge in [0, 0.05) is 10.7 Å². The largest absolute Gasteiger partial charge is 0.471 e. The first-order valence-electron chi connectivity index (χ1n) is 3.03. The molecule has 1 heterocycles. The molecule has 0 aliphatic carbocycles. The van der Waals surface area contributed by atoms with Crippen molar-refractivity contribution < 1.29 is 9.53 Å². The van der Waals surface area contributed by atoms with Crippen molar-refractivity contribution in [2.24, 2.45) is 0 Å². The topological polar surface area (TPSA) is 65.2 Å². The fourth-order valence-electron chi connectivity index (χ4n) is 0.390. The summed E-state index contributed by atoms with van der Waals surface area (Å²) in [5.41, 5.74) is 6.08. The molecule has 1 aromatic rings. The summed E-state index contributed by atoms with van der Waals surface area (Å²) in [6, 6.07) is 1.80. The molecule has 4 nitrogen and oxygen atoms in total. The monoisotopic (exact) mass is 232 g/mol. The van der Waals surface area contributed by atoms with Crippen LogP contribution < -0.4 is 5.73 Å². The van der Waals surface area contributed by atoms with E-state index >= 15 is 0 Å². The van der Waals surface area contributed by atoms with Crippen LogP contribution in [0.5, 0.6) is 0 Å². The number of hydrogen-bond acceptors (Lipinski definition) is 4. The first kappa shape index (κ1) is 10.9. The molecule has 1 rings (SSSR count). The number of hydrogen-bond donors (Lipinski definition) is 1. The van der Waals surface area contributed by atoms with E-state index in [0.717, 1.165) is 4.47 Å². The van der Waals surface area contributed by atoms with E-state index < -0.39 is 0 Å². The number of nitrogen functional groups attached to an aromatic ring is 1. The Balaban J connectivity index is 0.000000261. The van der Waals surface area contributed by atoms with E-state index in [0.29, 0.717) is 12.2 Å². The van der Waals surface area contributed by atoms with Crippen LogP contribution in [0.15, 0.2) is 22.9 Å². The molecule has 0 aromatic carbocycles. The summed E-state index contributed by atoms with van der Waals surface area (Å²) >= 11 is 3.23. The lowest BCUT2D eigenvalue weighted by Gasteiger charge is -1.91. The zero-order valence-corrected chi connectivity index (χ0v) is 8.11. The molecule has 0 amide bonds. The summed E-state index contributed by atoms with van der Waals surface area (Å²) in [7, 11) is 1.31. The number of anilines is 1. The quantitative estimate of drug-likeness (QED) is 0.740. The molecule has 0 fully saturated rings. The van der Waals surface area contributed by atoms with Gasteiger partial charge in [0.2, 0.25) is 0 Å². The fraction of sp³-hybridized carbons (Fsp3) is 0.143. The van der Waals surface area contributed by atoms with Crippen molar-refractivity contribution >= 4 is 28.1 Å². The summed E-state index contributed by atoms with van der Waals surface area (Å²) in [5.74, 6) is 0. The van der Waals surface area contributed by atoms with Crippen LogP contribution in [0.3, 0.4) is 0 Å². The van der Waals surface area contributed by atoms with Gasteiger partial charge in [0.15, 0.2) is 0 Å². The minimum absolute atomic E-state index is 0.375. The number of aromatic nitrogens is 1. The maximum atomic E-state index is 8.95. The van der Waals surface area contributed by atoms with E-state index in [1.807, 2.05) is 0 Å². The van der Waals surface area contributed by atoms with Gasteiger partial charge in [0.1, 0.15) is 0 Å². The number of rotatable bonds is 1. The van der Waals surface area contributed by atoms with Crippen LogP contribution in [0.1, 0.15) is 0 Å². The van der Waals surface area contributed by atoms with E-state index in [1.54, 1.807) is 18.5 Å². The lowest BCUT2D eigenvalue weighted by atomic mass is 10.4. The van der Waals surface area contributed by atoms with Gasteiger partial charge in [0.25, 0.3) is 6.47 Å². The molecule has 0 saturated heterocycles. The molecule has 1 aromatic heterocycles. The third-order valence-corrected chi connectivity index (χ3v) is 1.61. The minimum atomic E-state index is 0.375. The highest BCUT2D eigenvalue weighted by Gasteiger charge is 1.87. The molecule has 0 aliphatic rings. The summed E-state index contributed by atoms with van der Waals surface area (Å²) < 4.78 is 4.76. The lowest BCUT2D eigenvalue weighted by molar-refractivity contribution is -0.126. The highest BCUT2D eigenvalue weighted by molar-refractivity contribution is 9.10. The lowest BCUT2D eigenvalue weighted by Crippen LogP contribution is -1.85. The zero-order valence-electron chi connectivity index (χ0n) is 6.53. The van der Waals surface area contributed by atoms with Gasteiger partial charge in [-0.25, -0.2) is 0 Å². The first-order valence-corrected chi connectivity index (χ1v) is 3.83. The Labute approximate surface area is 78.9 Å². The van der Waals surface area contributed by atoms with Crippen LogP contribution >= 0.6 is 15.9 Å². The van der Waals surface area contributed by atoms with Gasteiger partial charge >= 0.3 is 0 Å². The molecular formula is C7H9BrN2O2. The van der Waals surface area contributed by atoms with Crippen molar-refractivity contribution in [3.8, 4) is 0 Å². The number of halogens is 1. The van der Waals surface area contributed by atoms with E-state index in [9.17, 15) is 0 Å². The number of nitrogens with zero attached hydrogens (tertiary/aromatic N) is 1. The molecule has 12 heavy (non-hydrogen) atoms. The Bertz CT molecular complexity index is 222. The van der Waals surface area contributed by atoms with E-state index in [1.165, 1.54) is 7.11 Å². The van der Waals surface area contributed by atoms with Crippen molar-refractivity contribution in [2.45, 2.75) is 0 Å². The van der Waals surface area contributed by atoms with Crippen LogP contribution in [-0.2, 0) is 9.53 Å². The summed E-state index contributed by atoms with van der Waals surface area (Å²) in [6.07, 6.45) is 3.28. The van der Waals surface area contributed by atoms with Gasteiger partial charge in [0.05, 0.1) is 19.0 Å². The second-order valence-electron chi connectivity index (χ2n) is 1.73. The molecule has 5 heteroatoms. The van der Waals surface area contributed by atoms with Crippen molar-refractivity contribution in [3.63, 3.8) is 0 Å². The molecule has 0 aliphatic heterocycles. The number of methoxy groups -OCH3 is 1. The molecule has 0 spiro atoms. The summed E-state index contributed by atoms with van der Waals surface area (Å²) in [5, 5.41) is 0. The molecule has 0 unspecified atom stereocenters. The maximum Gasteiger partial charge on any atom is 0.292 e. The third-order valence-electron chi connectivity index (χ3n) is 0.893. The fourth-order valence-corrected chi connectivity index (χ4v) is 0.610. The van der Waals surface area contributed by atoms with Crippen LogP contribution in [0.25, 0.3) is 0 Å². The number of ether oxygens (including phenoxy) is 1. The highest BCUT2D eigenvalue weighted by atomic mass is 79.9. The van der Waals surface area contributed by atoms with Gasteiger partial charge in [-0.15, -0.1) is 0 Å². The predicted molar refractivity (Wildman–Crippen MR) is 49.4 cm³/mol. The van der Waals surface area contributed by atoms with Gasteiger partial charge in [-0.05, 0) is 22.0 Å². The van der Waals surface area contributed by atoms with Crippen LogP contribution in [0.2, 0.25) is 0 Å². The number of pyridine rings is 1. The highest BCUT2D eigenvalue weighted by Crippen LogP contribution is 2.14.